The third-order valence-corrected chi connectivity index (χ3v) is 4.97. The van der Waals surface area contributed by atoms with Crippen LogP contribution in [0.15, 0.2) is 40.6 Å². The number of hydrogen-bond donors (Lipinski definition) is 1. The summed E-state index contributed by atoms with van der Waals surface area (Å²) in [6.45, 7) is 1.26. The van der Waals surface area contributed by atoms with Crippen LogP contribution in [0.4, 0.5) is 0 Å². The van der Waals surface area contributed by atoms with Crippen LogP contribution in [0.2, 0.25) is 0 Å². The van der Waals surface area contributed by atoms with Gasteiger partial charge in [0.15, 0.2) is 0 Å². The van der Waals surface area contributed by atoms with E-state index < -0.39 is 16.0 Å². The van der Waals surface area contributed by atoms with Gasteiger partial charge in [0.2, 0.25) is 15.8 Å². The van der Waals surface area contributed by atoms with Gasteiger partial charge in [-0.15, -0.1) is 11.3 Å². The molecule has 0 unspecified atom stereocenters. The molecule has 0 saturated heterocycles. The third kappa shape index (κ3) is 3.75. The van der Waals surface area contributed by atoms with E-state index in [0.29, 0.717) is 0 Å². The minimum absolute atomic E-state index is 0.0815. The highest BCUT2D eigenvalue weighted by Gasteiger charge is 2.17. The molecule has 0 spiro atoms. The van der Waals surface area contributed by atoms with Gasteiger partial charge in [-0.25, -0.2) is 13.6 Å². The summed E-state index contributed by atoms with van der Waals surface area (Å²) in [5.41, 5.74) is 0.288. The molecule has 6 nitrogen and oxygen atoms in total. The van der Waals surface area contributed by atoms with Crippen molar-refractivity contribution < 1.29 is 22.7 Å². The van der Waals surface area contributed by atoms with Gasteiger partial charge in [-0.3, -0.25) is 9.59 Å². The monoisotopic (exact) mass is 325 g/mol. The first-order valence-electron chi connectivity index (χ1n) is 5.73. The number of carbonyl (C=O) groups excluding carboxylic acids is 2. The van der Waals surface area contributed by atoms with Crippen LogP contribution in [0, 0.1) is 0 Å². The Bertz CT molecular complexity index is 807. The molecule has 1 heterocycles. The van der Waals surface area contributed by atoms with Crippen LogP contribution in [0.5, 0.6) is 5.75 Å². The standard InChI is InChI=1S/C13H11NO5S2/c1-8(15)19-10-4-2-3-9(7-10)13(16)11-5-6-12(20-11)21(14,17)18/h2-7H,1H3,(H2,14,17,18). The quantitative estimate of drug-likeness (QED) is 0.522. The first-order valence-corrected chi connectivity index (χ1v) is 8.09. The van der Waals surface area contributed by atoms with Crippen LogP contribution in [0.25, 0.3) is 0 Å². The molecule has 0 radical (unpaired) electrons. The minimum atomic E-state index is -3.82. The number of nitrogens with two attached hydrogens (primary N) is 1. The average molecular weight is 325 g/mol. The molecule has 2 aromatic rings. The lowest BCUT2D eigenvalue weighted by molar-refractivity contribution is -0.131. The number of thiophene rings is 1. The average Bonchev–Trinajstić information content (AvgIpc) is 2.86. The minimum Gasteiger partial charge on any atom is -0.427 e. The molecule has 0 aliphatic heterocycles. The second kappa shape index (κ2) is 5.76. The van der Waals surface area contributed by atoms with E-state index in [1.807, 2.05) is 0 Å². The molecule has 110 valence electrons. The highest BCUT2D eigenvalue weighted by molar-refractivity contribution is 7.91. The van der Waals surface area contributed by atoms with E-state index in [2.05, 4.69) is 0 Å². The summed E-state index contributed by atoms with van der Waals surface area (Å²) in [7, 11) is -3.82. The molecule has 1 aromatic heterocycles. The molecule has 8 heteroatoms. The van der Waals surface area contributed by atoms with Gasteiger partial charge in [-0.05, 0) is 24.3 Å². The molecule has 0 saturated carbocycles. The number of sulfonamides is 1. The Morgan fingerprint density at radius 3 is 2.48 bits per heavy atom. The topological polar surface area (TPSA) is 104 Å². The maximum Gasteiger partial charge on any atom is 0.308 e. The van der Waals surface area contributed by atoms with E-state index in [4.69, 9.17) is 9.88 Å². The van der Waals surface area contributed by atoms with E-state index in [0.717, 1.165) is 11.3 Å². The summed E-state index contributed by atoms with van der Waals surface area (Å²) < 4.78 is 27.2. The van der Waals surface area contributed by atoms with Crippen molar-refractivity contribution in [1.29, 1.82) is 0 Å². The Kier molecular flexibility index (Phi) is 4.21. The number of ether oxygens (including phenoxy) is 1. The molecule has 0 atom stereocenters. The van der Waals surface area contributed by atoms with Crippen LogP contribution < -0.4 is 9.88 Å². The van der Waals surface area contributed by atoms with Crippen molar-refractivity contribution in [2.75, 3.05) is 0 Å². The number of esters is 1. The summed E-state index contributed by atoms with van der Waals surface area (Å²) in [5.74, 6) is -0.618. The zero-order valence-corrected chi connectivity index (χ0v) is 12.5. The molecule has 1 aromatic carbocycles. The van der Waals surface area contributed by atoms with Crippen molar-refractivity contribution in [3.63, 3.8) is 0 Å². The summed E-state index contributed by atoms with van der Waals surface area (Å²) in [5, 5.41) is 5.00. The SMILES string of the molecule is CC(=O)Oc1cccc(C(=O)c2ccc(S(N)(=O)=O)s2)c1. The molecular formula is C13H11NO5S2. The molecule has 0 aliphatic carbocycles. The normalized spacial score (nSPS) is 11.1. The van der Waals surface area contributed by atoms with Crippen LogP contribution in [0.1, 0.15) is 22.2 Å². The Hall–Kier alpha value is -2.03. The number of rotatable bonds is 4. The number of benzene rings is 1. The van der Waals surface area contributed by atoms with Gasteiger partial charge in [-0.1, -0.05) is 12.1 Å². The molecule has 0 aliphatic rings. The van der Waals surface area contributed by atoms with Crippen LogP contribution in [-0.4, -0.2) is 20.2 Å². The van der Waals surface area contributed by atoms with Crippen LogP contribution in [-0.2, 0) is 14.8 Å². The van der Waals surface area contributed by atoms with Gasteiger partial charge in [0.25, 0.3) is 0 Å². The number of carbonyl (C=O) groups is 2. The van der Waals surface area contributed by atoms with Gasteiger partial charge >= 0.3 is 5.97 Å². The Morgan fingerprint density at radius 1 is 1.19 bits per heavy atom. The van der Waals surface area contributed by atoms with Crippen molar-refractivity contribution in [3.8, 4) is 5.75 Å². The fraction of sp³-hybridized carbons (Fsp3) is 0.0769. The number of hydrogen-bond acceptors (Lipinski definition) is 6. The van der Waals surface area contributed by atoms with Crippen molar-refractivity contribution in [3.05, 3.63) is 46.8 Å². The summed E-state index contributed by atoms with van der Waals surface area (Å²) in [6, 6.07) is 8.75. The fourth-order valence-corrected chi connectivity index (χ4v) is 3.30. The second-order valence-electron chi connectivity index (χ2n) is 4.11. The van der Waals surface area contributed by atoms with Gasteiger partial charge in [-0.2, -0.15) is 0 Å². The van der Waals surface area contributed by atoms with Gasteiger partial charge in [0.1, 0.15) is 9.96 Å². The molecule has 0 amide bonds. The van der Waals surface area contributed by atoms with Crippen LogP contribution >= 0.6 is 11.3 Å². The lowest BCUT2D eigenvalue weighted by atomic mass is 10.1. The second-order valence-corrected chi connectivity index (χ2v) is 6.99. The molecule has 2 rings (SSSR count). The van der Waals surface area contributed by atoms with Gasteiger partial charge in [0.05, 0.1) is 4.88 Å². The van der Waals surface area contributed by atoms with E-state index in [-0.39, 0.29) is 26.2 Å². The third-order valence-electron chi connectivity index (χ3n) is 2.44. The molecule has 2 N–H and O–H groups in total. The molecular weight excluding hydrogens is 314 g/mol. The number of primary sulfonamides is 1. The summed E-state index contributed by atoms with van der Waals surface area (Å²) in [6.07, 6.45) is 0. The maximum atomic E-state index is 12.3. The highest BCUT2D eigenvalue weighted by atomic mass is 32.2. The van der Waals surface area contributed by atoms with Crippen LogP contribution in [0.3, 0.4) is 0 Å². The molecule has 0 bridgehead atoms. The Morgan fingerprint density at radius 2 is 1.90 bits per heavy atom. The number of ketones is 1. The zero-order chi connectivity index (χ0) is 15.6. The molecule has 21 heavy (non-hydrogen) atoms. The largest absolute Gasteiger partial charge is 0.427 e. The summed E-state index contributed by atoms with van der Waals surface area (Å²) in [4.78, 5) is 23.4. The lowest BCUT2D eigenvalue weighted by Crippen LogP contribution is -2.09. The Labute approximate surface area is 125 Å². The highest BCUT2D eigenvalue weighted by Crippen LogP contribution is 2.24. The van der Waals surface area contributed by atoms with Gasteiger partial charge < -0.3 is 4.74 Å². The lowest BCUT2D eigenvalue weighted by Gasteiger charge is -2.03. The van der Waals surface area contributed by atoms with E-state index in [9.17, 15) is 18.0 Å². The Balaban J connectivity index is 2.32. The van der Waals surface area contributed by atoms with Crippen molar-refractivity contribution >= 4 is 33.1 Å². The predicted molar refractivity (Wildman–Crippen MR) is 76.9 cm³/mol. The maximum absolute atomic E-state index is 12.3. The van der Waals surface area contributed by atoms with Gasteiger partial charge in [0, 0.05) is 12.5 Å². The first kappa shape index (κ1) is 15.4. The predicted octanol–water partition coefficient (Wildman–Crippen LogP) is 1.55. The summed E-state index contributed by atoms with van der Waals surface area (Å²) >= 11 is 0.792. The first-order chi connectivity index (χ1) is 9.77. The zero-order valence-electron chi connectivity index (χ0n) is 10.9. The van der Waals surface area contributed by atoms with E-state index in [1.165, 1.54) is 25.1 Å². The van der Waals surface area contributed by atoms with Crippen molar-refractivity contribution in [1.82, 2.24) is 0 Å². The van der Waals surface area contributed by atoms with Crippen molar-refractivity contribution in [2.24, 2.45) is 5.14 Å². The van der Waals surface area contributed by atoms with E-state index in [1.54, 1.807) is 18.2 Å². The smallest absolute Gasteiger partial charge is 0.308 e. The fourth-order valence-electron chi connectivity index (χ4n) is 1.60. The molecule has 0 fully saturated rings. The van der Waals surface area contributed by atoms with Crippen molar-refractivity contribution in [2.45, 2.75) is 11.1 Å². The van der Waals surface area contributed by atoms with E-state index >= 15 is 0 Å².